The molecule has 2 rings (SSSR count). The molecule has 1 aromatic carbocycles. The van der Waals surface area contributed by atoms with Crippen molar-refractivity contribution < 1.29 is 4.79 Å². The smallest absolute Gasteiger partial charge is 0.224 e. The maximum absolute atomic E-state index is 12.2. The molecule has 1 aromatic rings. The third kappa shape index (κ3) is 3.35. The van der Waals surface area contributed by atoms with Crippen molar-refractivity contribution in [3.05, 3.63) is 35.4 Å². The van der Waals surface area contributed by atoms with Gasteiger partial charge in [-0.25, -0.2) is 0 Å². The molecule has 0 bridgehead atoms. The summed E-state index contributed by atoms with van der Waals surface area (Å²) in [5.74, 6) is 0.0529. The summed E-state index contributed by atoms with van der Waals surface area (Å²) in [6.07, 6.45) is 4.27. The number of hydrogen-bond acceptors (Lipinski definition) is 2. The fraction of sp³-hybridized carbons (Fsp3) is 0.500. The molecule has 2 atom stereocenters. The highest BCUT2D eigenvalue weighted by molar-refractivity contribution is 5.80. The van der Waals surface area contributed by atoms with Crippen LogP contribution in [0.15, 0.2) is 24.3 Å². The van der Waals surface area contributed by atoms with Crippen molar-refractivity contribution in [3.63, 3.8) is 0 Å². The van der Waals surface area contributed by atoms with Gasteiger partial charge in [0.15, 0.2) is 0 Å². The fourth-order valence-electron chi connectivity index (χ4n) is 2.67. The highest BCUT2D eigenvalue weighted by atomic mass is 16.1. The standard InChI is InChI=1S/C16H20N2O/c1-2-5-15(11-17)18-16(19)14-9-8-12-6-3-4-7-13(12)10-14/h3-4,6-7,14-15H,2,5,8-10H2,1H3,(H,18,19). The second-order valence-corrected chi connectivity index (χ2v) is 5.19. The van der Waals surface area contributed by atoms with Crippen LogP contribution in [0.3, 0.4) is 0 Å². The van der Waals surface area contributed by atoms with Gasteiger partial charge in [0.05, 0.1) is 6.07 Å². The van der Waals surface area contributed by atoms with Gasteiger partial charge in [-0.2, -0.15) is 5.26 Å². The monoisotopic (exact) mass is 256 g/mol. The van der Waals surface area contributed by atoms with E-state index in [2.05, 4.69) is 23.5 Å². The van der Waals surface area contributed by atoms with E-state index < -0.39 is 0 Å². The molecule has 0 spiro atoms. The summed E-state index contributed by atoms with van der Waals surface area (Å²) in [5.41, 5.74) is 2.63. The fourth-order valence-corrected chi connectivity index (χ4v) is 2.67. The van der Waals surface area contributed by atoms with Gasteiger partial charge in [-0.15, -0.1) is 0 Å². The summed E-state index contributed by atoms with van der Waals surface area (Å²) in [7, 11) is 0. The number of nitriles is 1. The Bertz CT molecular complexity index is 490. The predicted octanol–water partition coefficient (Wildman–Crippen LogP) is 2.60. The van der Waals surface area contributed by atoms with Crippen LogP contribution in [0.5, 0.6) is 0 Å². The predicted molar refractivity (Wildman–Crippen MR) is 74.4 cm³/mol. The Balaban J connectivity index is 1.97. The number of rotatable bonds is 4. The molecule has 0 saturated heterocycles. The van der Waals surface area contributed by atoms with Crippen LogP contribution in [0.2, 0.25) is 0 Å². The largest absolute Gasteiger partial charge is 0.340 e. The number of hydrogen-bond donors (Lipinski definition) is 1. The minimum atomic E-state index is -0.338. The number of nitrogens with one attached hydrogen (secondary N) is 1. The molecule has 0 aliphatic heterocycles. The van der Waals surface area contributed by atoms with E-state index in [1.807, 2.05) is 19.1 Å². The number of carbonyl (C=O) groups excluding carboxylic acids is 1. The molecular formula is C16H20N2O. The Morgan fingerprint density at radius 1 is 1.47 bits per heavy atom. The zero-order valence-corrected chi connectivity index (χ0v) is 11.4. The van der Waals surface area contributed by atoms with E-state index in [1.165, 1.54) is 11.1 Å². The Hall–Kier alpha value is -1.82. The lowest BCUT2D eigenvalue weighted by Crippen LogP contribution is -2.40. The number of carbonyl (C=O) groups is 1. The molecule has 0 fully saturated rings. The second-order valence-electron chi connectivity index (χ2n) is 5.19. The van der Waals surface area contributed by atoms with E-state index in [0.717, 1.165) is 32.1 Å². The van der Waals surface area contributed by atoms with Gasteiger partial charge >= 0.3 is 0 Å². The first kappa shape index (κ1) is 13.6. The highest BCUT2D eigenvalue weighted by Gasteiger charge is 2.25. The van der Waals surface area contributed by atoms with E-state index >= 15 is 0 Å². The van der Waals surface area contributed by atoms with Gasteiger partial charge in [0.25, 0.3) is 0 Å². The number of benzene rings is 1. The van der Waals surface area contributed by atoms with Crippen LogP contribution in [0, 0.1) is 17.2 Å². The molecule has 3 nitrogen and oxygen atoms in total. The Kier molecular flexibility index (Phi) is 4.57. The van der Waals surface area contributed by atoms with Crippen molar-refractivity contribution in [1.29, 1.82) is 5.26 Å². The Morgan fingerprint density at radius 2 is 2.21 bits per heavy atom. The van der Waals surface area contributed by atoms with Crippen LogP contribution >= 0.6 is 0 Å². The molecule has 1 aliphatic carbocycles. The molecule has 2 unspecified atom stereocenters. The Morgan fingerprint density at radius 3 is 2.89 bits per heavy atom. The maximum Gasteiger partial charge on any atom is 0.224 e. The van der Waals surface area contributed by atoms with Crippen molar-refractivity contribution in [2.45, 2.75) is 45.1 Å². The number of fused-ring (bicyclic) bond motifs is 1. The minimum absolute atomic E-state index is 0.0163. The minimum Gasteiger partial charge on any atom is -0.340 e. The second kappa shape index (κ2) is 6.38. The Labute approximate surface area is 114 Å². The van der Waals surface area contributed by atoms with Gasteiger partial charge in [0.2, 0.25) is 5.91 Å². The molecule has 19 heavy (non-hydrogen) atoms. The molecule has 1 amide bonds. The van der Waals surface area contributed by atoms with Crippen LogP contribution < -0.4 is 5.32 Å². The lowest BCUT2D eigenvalue weighted by molar-refractivity contribution is -0.125. The van der Waals surface area contributed by atoms with Crippen LogP contribution in [-0.2, 0) is 17.6 Å². The summed E-state index contributed by atoms with van der Waals surface area (Å²) in [5, 5.41) is 11.9. The number of amides is 1. The van der Waals surface area contributed by atoms with Crippen LogP contribution in [0.1, 0.15) is 37.3 Å². The molecule has 3 heteroatoms. The molecule has 1 N–H and O–H groups in total. The molecular weight excluding hydrogens is 236 g/mol. The van der Waals surface area contributed by atoms with Gasteiger partial charge in [-0.1, -0.05) is 37.6 Å². The van der Waals surface area contributed by atoms with Crippen molar-refractivity contribution in [2.75, 3.05) is 0 Å². The summed E-state index contributed by atoms with van der Waals surface area (Å²) in [4.78, 5) is 12.2. The van der Waals surface area contributed by atoms with Crippen molar-refractivity contribution in [1.82, 2.24) is 5.32 Å². The third-order valence-electron chi connectivity index (χ3n) is 3.77. The average molecular weight is 256 g/mol. The van der Waals surface area contributed by atoms with E-state index in [0.29, 0.717) is 0 Å². The number of nitrogens with zero attached hydrogens (tertiary/aromatic N) is 1. The zero-order chi connectivity index (χ0) is 13.7. The first-order valence-corrected chi connectivity index (χ1v) is 7.01. The average Bonchev–Trinajstić information content (AvgIpc) is 2.46. The lowest BCUT2D eigenvalue weighted by atomic mass is 9.83. The summed E-state index contributed by atoms with van der Waals surface area (Å²) in [6, 6.07) is 10.1. The quantitative estimate of drug-likeness (QED) is 0.900. The first-order chi connectivity index (χ1) is 9.24. The van der Waals surface area contributed by atoms with Crippen LogP contribution in [-0.4, -0.2) is 11.9 Å². The lowest BCUT2D eigenvalue weighted by Gasteiger charge is -2.24. The molecule has 100 valence electrons. The van der Waals surface area contributed by atoms with E-state index in [-0.39, 0.29) is 17.9 Å². The maximum atomic E-state index is 12.2. The van der Waals surface area contributed by atoms with Crippen molar-refractivity contribution in [3.8, 4) is 6.07 Å². The summed E-state index contributed by atoms with van der Waals surface area (Å²) < 4.78 is 0. The summed E-state index contributed by atoms with van der Waals surface area (Å²) >= 11 is 0. The van der Waals surface area contributed by atoms with E-state index in [1.54, 1.807) is 0 Å². The van der Waals surface area contributed by atoms with Gasteiger partial charge in [0, 0.05) is 5.92 Å². The van der Waals surface area contributed by atoms with Crippen LogP contribution in [0.25, 0.3) is 0 Å². The molecule has 0 radical (unpaired) electrons. The topological polar surface area (TPSA) is 52.9 Å². The highest BCUT2D eigenvalue weighted by Crippen LogP contribution is 2.25. The van der Waals surface area contributed by atoms with Crippen molar-refractivity contribution >= 4 is 5.91 Å². The van der Waals surface area contributed by atoms with E-state index in [9.17, 15) is 4.79 Å². The van der Waals surface area contributed by atoms with Gasteiger partial charge in [-0.05, 0) is 36.8 Å². The SMILES string of the molecule is CCCC(C#N)NC(=O)C1CCc2ccccc2C1. The first-order valence-electron chi connectivity index (χ1n) is 7.01. The zero-order valence-electron chi connectivity index (χ0n) is 11.4. The molecule has 0 heterocycles. The van der Waals surface area contributed by atoms with Gasteiger partial charge in [-0.3, -0.25) is 4.79 Å². The number of aryl methyl sites for hydroxylation is 1. The molecule has 1 aliphatic rings. The molecule has 0 saturated carbocycles. The third-order valence-corrected chi connectivity index (χ3v) is 3.77. The summed E-state index contributed by atoms with van der Waals surface area (Å²) in [6.45, 7) is 2.02. The molecule has 0 aromatic heterocycles. The van der Waals surface area contributed by atoms with Gasteiger partial charge in [0.1, 0.15) is 6.04 Å². The van der Waals surface area contributed by atoms with Crippen molar-refractivity contribution in [2.24, 2.45) is 5.92 Å². The van der Waals surface area contributed by atoms with Crippen LogP contribution in [0.4, 0.5) is 0 Å². The normalized spacial score (nSPS) is 19.1. The van der Waals surface area contributed by atoms with E-state index in [4.69, 9.17) is 5.26 Å². The van der Waals surface area contributed by atoms with Gasteiger partial charge < -0.3 is 5.32 Å².